The lowest BCUT2D eigenvalue weighted by atomic mass is 9.89. The quantitative estimate of drug-likeness (QED) is 0.830. The highest BCUT2D eigenvalue weighted by atomic mass is 16.5. The molecule has 2 aromatic rings. The van der Waals surface area contributed by atoms with E-state index in [-0.39, 0.29) is 23.5 Å². The van der Waals surface area contributed by atoms with Crippen LogP contribution >= 0.6 is 0 Å². The summed E-state index contributed by atoms with van der Waals surface area (Å²) in [4.78, 5) is 14.6. The van der Waals surface area contributed by atoms with E-state index in [1.165, 1.54) is 5.56 Å². The van der Waals surface area contributed by atoms with Crippen molar-refractivity contribution >= 4 is 5.91 Å². The first-order valence-electron chi connectivity index (χ1n) is 10.0. The highest BCUT2D eigenvalue weighted by molar-refractivity contribution is 5.94. The van der Waals surface area contributed by atoms with Gasteiger partial charge < -0.3 is 15.0 Å². The first kappa shape index (κ1) is 20.6. The number of hydrogen-bond donors (Lipinski definition) is 2. The normalized spacial score (nSPS) is 20.4. The van der Waals surface area contributed by atoms with Crippen LogP contribution in [0.1, 0.15) is 61.8 Å². The monoisotopic (exact) mass is 384 g/mol. The summed E-state index contributed by atoms with van der Waals surface area (Å²) in [5, 5.41) is 10.8. The zero-order chi connectivity index (χ0) is 20.3. The van der Waals surface area contributed by atoms with Gasteiger partial charge in [0.05, 0.1) is 18.4 Å². The fourth-order valence-corrected chi connectivity index (χ4v) is 3.73. The van der Waals surface area contributed by atoms with Crippen LogP contribution in [0.4, 0.5) is 0 Å². The molecule has 0 bridgehead atoms. The number of carbonyl (C=O) groups is 1. The van der Waals surface area contributed by atoms with Gasteiger partial charge in [-0.25, -0.2) is 0 Å². The third-order valence-electron chi connectivity index (χ3n) is 5.02. The Labute approximate surface area is 167 Å². The molecule has 2 unspecified atom stereocenters. The highest BCUT2D eigenvalue weighted by Gasteiger charge is 2.26. The average molecular weight is 385 g/mol. The van der Waals surface area contributed by atoms with Crippen LogP contribution < -0.4 is 5.32 Å². The summed E-state index contributed by atoms with van der Waals surface area (Å²) in [6.45, 7) is 13.3. The van der Waals surface area contributed by atoms with Gasteiger partial charge in [0.1, 0.15) is 0 Å². The maximum atomic E-state index is 12.7. The molecule has 1 aliphatic heterocycles. The minimum absolute atomic E-state index is 0.0456. The molecule has 1 aromatic carbocycles. The molecule has 1 aromatic heterocycles. The number of morpholine rings is 1. The van der Waals surface area contributed by atoms with Crippen molar-refractivity contribution < 1.29 is 9.53 Å². The molecule has 28 heavy (non-hydrogen) atoms. The van der Waals surface area contributed by atoms with Crippen molar-refractivity contribution in [3.05, 3.63) is 52.8 Å². The third kappa shape index (κ3) is 5.00. The molecule has 1 amide bonds. The lowest BCUT2D eigenvalue weighted by molar-refractivity contribution is -0.0586. The van der Waals surface area contributed by atoms with Gasteiger partial charge in [0.15, 0.2) is 0 Å². The van der Waals surface area contributed by atoms with Crippen molar-refractivity contribution in [2.45, 2.75) is 65.3 Å². The number of carbonyl (C=O) groups excluding carboxylic acids is 1. The molecule has 0 aliphatic carbocycles. The Morgan fingerprint density at radius 3 is 2.43 bits per heavy atom. The molecular formula is C22H32N4O2. The molecule has 3 rings (SSSR count). The largest absolute Gasteiger partial charge is 0.372 e. The van der Waals surface area contributed by atoms with E-state index >= 15 is 0 Å². The number of aromatic amines is 1. The molecular weight excluding hydrogens is 352 g/mol. The van der Waals surface area contributed by atoms with Gasteiger partial charge in [0.2, 0.25) is 0 Å². The Kier molecular flexibility index (Phi) is 6.20. The summed E-state index contributed by atoms with van der Waals surface area (Å²) in [5.41, 5.74) is 4.28. The topological polar surface area (TPSA) is 70.2 Å². The predicted octanol–water partition coefficient (Wildman–Crippen LogP) is 3.25. The Morgan fingerprint density at radius 2 is 1.82 bits per heavy atom. The Hall–Kier alpha value is -2.18. The van der Waals surface area contributed by atoms with Crippen molar-refractivity contribution in [1.29, 1.82) is 0 Å². The summed E-state index contributed by atoms with van der Waals surface area (Å²) >= 11 is 0. The number of benzene rings is 1. The summed E-state index contributed by atoms with van der Waals surface area (Å²) in [6.07, 6.45) is 2.05. The standard InChI is InChI=1S/C22H32N4O2/c1-15-13-26(14-16(2)28-15)21(27)18-8-6-17(7-9-18)10-23-11-19-12-24-25-20(19)22(3,4)5/h6-9,12,15-16,23H,10-11,13-14H2,1-5H3,(H,24,25). The van der Waals surface area contributed by atoms with Crippen LogP contribution in [0.3, 0.4) is 0 Å². The van der Waals surface area contributed by atoms with Crippen LogP contribution in [-0.4, -0.2) is 46.3 Å². The van der Waals surface area contributed by atoms with Gasteiger partial charge in [-0.15, -0.1) is 0 Å². The fourth-order valence-electron chi connectivity index (χ4n) is 3.73. The molecule has 2 N–H and O–H groups in total. The van der Waals surface area contributed by atoms with Gasteiger partial charge in [-0.1, -0.05) is 32.9 Å². The number of rotatable bonds is 5. The molecule has 152 valence electrons. The van der Waals surface area contributed by atoms with Crippen LogP contribution in [0.25, 0.3) is 0 Å². The molecule has 0 radical (unpaired) electrons. The van der Waals surface area contributed by atoms with Gasteiger partial charge in [0, 0.05) is 48.4 Å². The maximum absolute atomic E-state index is 12.7. The zero-order valence-corrected chi connectivity index (χ0v) is 17.6. The predicted molar refractivity (Wildman–Crippen MR) is 110 cm³/mol. The van der Waals surface area contributed by atoms with E-state index in [1.807, 2.05) is 49.2 Å². The molecule has 0 saturated carbocycles. The second-order valence-corrected chi connectivity index (χ2v) is 8.79. The smallest absolute Gasteiger partial charge is 0.254 e. The Balaban J connectivity index is 1.55. The highest BCUT2D eigenvalue weighted by Crippen LogP contribution is 2.23. The second kappa shape index (κ2) is 8.45. The first-order chi connectivity index (χ1) is 13.2. The number of hydrogen-bond acceptors (Lipinski definition) is 4. The SMILES string of the molecule is CC1CN(C(=O)c2ccc(CNCc3cn[nH]c3C(C)(C)C)cc2)CC(C)O1. The van der Waals surface area contributed by atoms with Gasteiger partial charge in [-0.05, 0) is 31.5 Å². The number of nitrogens with one attached hydrogen (secondary N) is 2. The third-order valence-corrected chi connectivity index (χ3v) is 5.02. The number of amides is 1. The van der Waals surface area contributed by atoms with E-state index < -0.39 is 0 Å². The average Bonchev–Trinajstić information content (AvgIpc) is 3.10. The van der Waals surface area contributed by atoms with E-state index in [4.69, 9.17) is 4.74 Å². The molecule has 0 spiro atoms. The molecule has 2 heterocycles. The van der Waals surface area contributed by atoms with Gasteiger partial charge >= 0.3 is 0 Å². The number of ether oxygens (including phenoxy) is 1. The lowest BCUT2D eigenvalue weighted by Gasteiger charge is -2.35. The minimum atomic E-state index is 0.0456. The van der Waals surface area contributed by atoms with E-state index in [1.54, 1.807) is 0 Å². The number of nitrogens with zero attached hydrogens (tertiary/aromatic N) is 2. The van der Waals surface area contributed by atoms with E-state index in [0.29, 0.717) is 13.1 Å². The molecule has 1 aliphatic rings. The van der Waals surface area contributed by atoms with E-state index in [2.05, 4.69) is 36.3 Å². The van der Waals surface area contributed by atoms with Crippen LogP contribution in [0.15, 0.2) is 30.5 Å². The molecule has 6 nitrogen and oxygen atoms in total. The van der Waals surface area contributed by atoms with Crippen molar-refractivity contribution in [2.24, 2.45) is 0 Å². The second-order valence-electron chi connectivity index (χ2n) is 8.79. The summed E-state index contributed by atoms with van der Waals surface area (Å²) in [6, 6.07) is 7.88. The maximum Gasteiger partial charge on any atom is 0.254 e. The van der Waals surface area contributed by atoms with E-state index in [0.717, 1.165) is 29.9 Å². The fraction of sp³-hybridized carbons (Fsp3) is 0.545. The van der Waals surface area contributed by atoms with Crippen molar-refractivity contribution in [2.75, 3.05) is 13.1 Å². The van der Waals surface area contributed by atoms with Crippen molar-refractivity contribution in [1.82, 2.24) is 20.4 Å². The molecule has 6 heteroatoms. The Bertz CT molecular complexity index is 782. The van der Waals surface area contributed by atoms with Gasteiger partial charge in [-0.3, -0.25) is 9.89 Å². The van der Waals surface area contributed by atoms with Crippen LogP contribution in [0, 0.1) is 0 Å². The first-order valence-corrected chi connectivity index (χ1v) is 10.0. The van der Waals surface area contributed by atoms with Crippen LogP contribution in [-0.2, 0) is 23.2 Å². The molecule has 1 fully saturated rings. The van der Waals surface area contributed by atoms with Crippen LogP contribution in [0.5, 0.6) is 0 Å². The van der Waals surface area contributed by atoms with Gasteiger partial charge in [-0.2, -0.15) is 5.10 Å². The molecule has 1 saturated heterocycles. The Morgan fingerprint density at radius 1 is 1.18 bits per heavy atom. The van der Waals surface area contributed by atoms with Crippen molar-refractivity contribution in [3.63, 3.8) is 0 Å². The number of aromatic nitrogens is 2. The summed E-state index contributed by atoms with van der Waals surface area (Å²) < 4.78 is 5.72. The minimum Gasteiger partial charge on any atom is -0.372 e. The number of H-pyrrole nitrogens is 1. The van der Waals surface area contributed by atoms with E-state index in [9.17, 15) is 4.79 Å². The molecule has 2 atom stereocenters. The lowest BCUT2D eigenvalue weighted by Crippen LogP contribution is -2.48. The van der Waals surface area contributed by atoms with Crippen molar-refractivity contribution in [3.8, 4) is 0 Å². The van der Waals surface area contributed by atoms with Gasteiger partial charge in [0.25, 0.3) is 5.91 Å². The summed E-state index contributed by atoms with van der Waals surface area (Å²) in [5.74, 6) is 0.0784. The zero-order valence-electron chi connectivity index (χ0n) is 17.6. The summed E-state index contributed by atoms with van der Waals surface area (Å²) in [7, 11) is 0. The van der Waals surface area contributed by atoms with Crippen LogP contribution in [0.2, 0.25) is 0 Å².